The molecule has 2 fully saturated rings. The maximum atomic E-state index is 6.37. The Hall–Kier alpha value is -0.120. The summed E-state index contributed by atoms with van der Waals surface area (Å²) in [7, 11) is 0. The summed E-state index contributed by atoms with van der Waals surface area (Å²) in [5.41, 5.74) is 0. The van der Waals surface area contributed by atoms with E-state index in [1.165, 1.54) is 58.0 Å². The van der Waals surface area contributed by atoms with Gasteiger partial charge in [0.2, 0.25) is 0 Å². The first-order chi connectivity index (χ1) is 10.5. The summed E-state index contributed by atoms with van der Waals surface area (Å²) in [6, 6.07) is 0.680. The second-order valence-corrected chi connectivity index (χ2v) is 7.92. The SMILES string of the molecule is CC(C)CCOC1CCC(OC2CCN(C(C)C)CC2)CC1. The normalized spacial score (nSPS) is 28.6. The second kappa shape index (κ2) is 9.24. The first kappa shape index (κ1) is 18.2. The smallest absolute Gasteiger partial charge is 0.0603 e. The van der Waals surface area contributed by atoms with E-state index in [1.54, 1.807) is 0 Å². The van der Waals surface area contributed by atoms with Gasteiger partial charge in [-0.2, -0.15) is 0 Å². The molecule has 1 saturated heterocycles. The van der Waals surface area contributed by atoms with Crippen LogP contribution in [-0.4, -0.2) is 49.0 Å². The fourth-order valence-electron chi connectivity index (χ4n) is 3.61. The van der Waals surface area contributed by atoms with Gasteiger partial charge < -0.3 is 14.4 Å². The predicted octanol–water partition coefficient (Wildman–Crippen LogP) is 4.25. The van der Waals surface area contributed by atoms with Gasteiger partial charge in [-0.05, 0) is 64.7 Å². The van der Waals surface area contributed by atoms with Gasteiger partial charge in [0.25, 0.3) is 0 Å². The summed E-state index contributed by atoms with van der Waals surface area (Å²) < 4.78 is 12.4. The van der Waals surface area contributed by atoms with E-state index in [0.717, 1.165) is 12.5 Å². The largest absolute Gasteiger partial charge is 0.378 e. The molecule has 0 amide bonds. The van der Waals surface area contributed by atoms with Crippen molar-refractivity contribution < 1.29 is 9.47 Å². The van der Waals surface area contributed by atoms with E-state index in [1.807, 2.05) is 0 Å². The number of hydrogen-bond donors (Lipinski definition) is 0. The van der Waals surface area contributed by atoms with Gasteiger partial charge in [-0.1, -0.05) is 13.8 Å². The van der Waals surface area contributed by atoms with Gasteiger partial charge in [0.1, 0.15) is 0 Å². The highest BCUT2D eigenvalue weighted by molar-refractivity contribution is 4.78. The molecular formula is C19H37NO2. The first-order valence-corrected chi connectivity index (χ1v) is 9.55. The van der Waals surface area contributed by atoms with Crippen LogP contribution in [-0.2, 0) is 9.47 Å². The summed E-state index contributed by atoms with van der Waals surface area (Å²) in [6.45, 7) is 12.5. The Balaban J connectivity index is 1.58. The topological polar surface area (TPSA) is 21.7 Å². The molecule has 0 N–H and O–H groups in total. The summed E-state index contributed by atoms with van der Waals surface area (Å²) in [5, 5.41) is 0. The number of nitrogens with zero attached hydrogens (tertiary/aromatic N) is 1. The minimum atomic E-state index is 0.487. The van der Waals surface area contributed by atoms with Crippen molar-refractivity contribution in [2.45, 2.75) is 97.0 Å². The Morgan fingerprint density at radius 1 is 0.818 bits per heavy atom. The summed E-state index contributed by atoms with van der Waals surface area (Å²) >= 11 is 0. The molecule has 2 aliphatic rings. The van der Waals surface area contributed by atoms with Gasteiger partial charge in [0.15, 0.2) is 0 Å². The number of hydrogen-bond acceptors (Lipinski definition) is 3. The van der Waals surface area contributed by atoms with Crippen molar-refractivity contribution in [1.82, 2.24) is 4.90 Å². The molecule has 0 atom stereocenters. The molecule has 3 heteroatoms. The Labute approximate surface area is 137 Å². The lowest BCUT2D eigenvalue weighted by molar-refractivity contribution is -0.0806. The zero-order valence-corrected chi connectivity index (χ0v) is 15.2. The molecule has 1 saturated carbocycles. The van der Waals surface area contributed by atoms with Crippen molar-refractivity contribution in [3.8, 4) is 0 Å². The quantitative estimate of drug-likeness (QED) is 0.701. The van der Waals surface area contributed by atoms with Crippen LogP contribution in [0.1, 0.15) is 72.6 Å². The Morgan fingerprint density at radius 2 is 1.36 bits per heavy atom. The monoisotopic (exact) mass is 311 g/mol. The van der Waals surface area contributed by atoms with Crippen molar-refractivity contribution in [3.05, 3.63) is 0 Å². The fraction of sp³-hybridized carbons (Fsp3) is 1.00. The molecule has 0 radical (unpaired) electrons. The van der Waals surface area contributed by atoms with Gasteiger partial charge in [0, 0.05) is 25.7 Å². The van der Waals surface area contributed by atoms with Crippen molar-refractivity contribution in [3.63, 3.8) is 0 Å². The lowest BCUT2D eigenvalue weighted by Gasteiger charge is -2.37. The standard InChI is InChI=1S/C19H37NO2/c1-15(2)11-14-21-17-5-7-18(8-6-17)22-19-9-12-20(13-10-19)16(3)4/h15-19H,5-14H2,1-4H3. The number of ether oxygens (including phenoxy) is 2. The van der Waals surface area contributed by atoms with Crippen LogP contribution >= 0.6 is 0 Å². The highest BCUT2D eigenvalue weighted by Crippen LogP contribution is 2.27. The van der Waals surface area contributed by atoms with Crippen LogP contribution in [0.4, 0.5) is 0 Å². The van der Waals surface area contributed by atoms with E-state index in [0.29, 0.717) is 24.4 Å². The third-order valence-corrected chi connectivity index (χ3v) is 5.26. The van der Waals surface area contributed by atoms with Crippen molar-refractivity contribution in [2.75, 3.05) is 19.7 Å². The first-order valence-electron chi connectivity index (χ1n) is 9.55. The highest BCUT2D eigenvalue weighted by atomic mass is 16.5. The molecule has 0 unspecified atom stereocenters. The third kappa shape index (κ3) is 6.17. The minimum absolute atomic E-state index is 0.487. The van der Waals surface area contributed by atoms with Gasteiger partial charge >= 0.3 is 0 Å². The van der Waals surface area contributed by atoms with Crippen LogP contribution in [0, 0.1) is 5.92 Å². The van der Waals surface area contributed by atoms with E-state index in [4.69, 9.17) is 9.47 Å². The molecule has 22 heavy (non-hydrogen) atoms. The number of likely N-dealkylation sites (tertiary alicyclic amines) is 1. The lowest BCUT2D eigenvalue weighted by atomic mass is 9.94. The van der Waals surface area contributed by atoms with E-state index < -0.39 is 0 Å². The molecule has 1 aliphatic heterocycles. The summed E-state index contributed by atoms with van der Waals surface area (Å²) in [5.74, 6) is 0.747. The average molecular weight is 312 g/mol. The number of rotatable bonds is 7. The van der Waals surface area contributed by atoms with E-state index in [9.17, 15) is 0 Å². The van der Waals surface area contributed by atoms with Crippen LogP contribution in [0.2, 0.25) is 0 Å². The molecule has 2 rings (SSSR count). The molecule has 1 heterocycles. The van der Waals surface area contributed by atoms with Crippen molar-refractivity contribution >= 4 is 0 Å². The molecule has 130 valence electrons. The molecule has 1 aliphatic carbocycles. The maximum Gasteiger partial charge on any atom is 0.0603 e. The molecule has 0 aromatic heterocycles. The van der Waals surface area contributed by atoms with Crippen LogP contribution in [0.5, 0.6) is 0 Å². The molecule has 0 aromatic rings. The molecular weight excluding hydrogens is 274 g/mol. The molecule has 0 aromatic carbocycles. The summed E-state index contributed by atoms with van der Waals surface area (Å²) in [6.07, 6.45) is 9.84. The Bertz CT molecular complexity index is 290. The van der Waals surface area contributed by atoms with Gasteiger partial charge in [-0.3, -0.25) is 0 Å². The van der Waals surface area contributed by atoms with Crippen LogP contribution in [0.3, 0.4) is 0 Å². The lowest BCUT2D eigenvalue weighted by Crippen LogP contribution is -2.42. The van der Waals surface area contributed by atoms with Gasteiger partial charge in [-0.15, -0.1) is 0 Å². The minimum Gasteiger partial charge on any atom is -0.378 e. The van der Waals surface area contributed by atoms with E-state index >= 15 is 0 Å². The zero-order chi connectivity index (χ0) is 15.9. The van der Waals surface area contributed by atoms with E-state index in [2.05, 4.69) is 32.6 Å². The zero-order valence-electron chi connectivity index (χ0n) is 15.2. The average Bonchev–Trinajstić information content (AvgIpc) is 2.49. The Morgan fingerprint density at radius 3 is 1.91 bits per heavy atom. The van der Waals surface area contributed by atoms with Gasteiger partial charge in [0.05, 0.1) is 18.3 Å². The van der Waals surface area contributed by atoms with E-state index in [-0.39, 0.29) is 0 Å². The molecule has 0 bridgehead atoms. The Kier molecular flexibility index (Phi) is 7.66. The fourth-order valence-corrected chi connectivity index (χ4v) is 3.61. The molecule has 3 nitrogen and oxygen atoms in total. The third-order valence-electron chi connectivity index (χ3n) is 5.26. The van der Waals surface area contributed by atoms with Crippen LogP contribution in [0.25, 0.3) is 0 Å². The second-order valence-electron chi connectivity index (χ2n) is 7.92. The summed E-state index contributed by atoms with van der Waals surface area (Å²) in [4.78, 5) is 2.57. The number of piperidine rings is 1. The molecule has 0 spiro atoms. The maximum absolute atomic E-state index is 6.37. The predicted molar refractivity (Wildman–Crippen MR) is 92.3 cm³/mol. The van der Waals surface area contributed by atoms with Crippen LogP contribution < -0.4 is 0 Å². The van der Waals surface area contributed by atoms with Gasteiger partial charge in [-0.25, -0.2) is 0 Å². The van der Waals surface area contributed by atoms with Crippen LogP contribution in [0.15, 0.2) is 0 Å². The van der Waals surface area contributed by atoms with Crippen molar-refractivity contribution in [1.29, 1.82) is 0 Å². The highest BCUT2D eigenvalue weighted by Gasteiger charge is 2.27. The van der Waals surface area contributed by atoms with Crippen molar-refractivity contribution in [2.24, 2.45) is 5.92 Å².